The Morgan fingerprint density at radius 2 is 2.04 bits per heavy atom. The average molecular weight is 396 g/mol. The fourth-order valence-electron chi connectivity index (χ4n) is 2.36. The van der Waals surface area contributed by atoms with E-state index in [0.29, 0.717) is 21.4 Å². The van der Waals surface area contributed by atoms with E-state index in [1.165, 1.54) is 16.8 Å². The number of amides is 1. The summed E-state index contributed by atoms with van der Waals surface area (Å²) in [6.07, 6.45) is 2.72. The molecular formula is C18H19Cl2N3O3. The van der Waals surface area contributed by atoms with E-state index in [9.17, 15) is 9.59 Å². The summed E-state index contributed by atoms with van der Waals surface area (Å²) in [5.41, 5.74) is 2.10. The maximum atomic E-state index is 11.9. The number of nitrogens with zero attached hydrogens (tertiary/aromatic N) is 2. The highest BCUT2D eigenvalue weighted by molar-refractivity contribution is 6.31. The van der Waals surface area contributed by atoms with Gasteiger partial charge in [-0.25, -0.2) is 4.79 Å². The molecule has 0 radical (unpaired) electrons. The predicted molar refractivity (Wildman–Crippen MR) is 101 cm³/mol. The lowest BCUT2D eigenvalue weighted by atomic mass is 10.1. The fraction of sp³-hybridized carbons (Fsp3) is 0.278. The minimum Gasteiger partial charge on any atom is -0.452 e. The van der Waals surface area contributed by atoms with Crippen molar-refractivity contribution in [1.29, 1.82) is 0 Å². The van der Waals surface area contributed by atoms with Gasteiger partial charge < -0.3 is 10.1 Å². The number of benzene rings is 1. The van der Waals surface area contributed by atoms with Gasteiger partial charge in [0.2, 0.25) is 0 Å². The first-order valence-corrected chi connectivity index (χ1v) is 8.63. The van der Waals surface area contributed by atoms with Gasteiger partial charge in [-0.15, -0.1) is 0 Å². The highest BCUT2D eigenvalue weighted by Gasteiger charge is 2.13. The van der Waals surface area contributed by atoms with Crippen LogP contribution in [0, 0.1) is 6.92 Å². The molecule has 2 rings (SSSR count). The van der Waals surface area contributed by atoms with E-state index in [4.69, 9.17) is 27.9 Å². The van der Waals surface area contributed by atoms with Crippen molar-refractivity contribution < 1.29 is 14.3 Å². The number of carbonyl (C=O) groups excluding carboxylic acids is 2. The van der Waals surface area contributed by atoms with Gasteiger partial charge in [-0.3, -0.25) is 9.48 Å². The molecule has 26 heavy (non-hydrogen) atoms. The number of aromatic nitrogens is 2. The van der Waals surface area contributed by atoms with Crippen LogP contribution in [0.15, 0.2) is 30.3 Å². The third kappa shape index (κ3) is 5.09. The van der Waals surface area contributed by atoms with E-state index in [0.717, 1.165) is 5.56 Å². The van der Waals surface area contributed by atoms with Crippen molar-refractivity contribution in [3.05, 3.63) is 57.3 Å². The quantitative estimate of drug-likeness (QED) is 0.600. The van der Waals surface area contributed by atoms with Crippen LogP contribution in [0.25, 0.3) is 6.08 Å². The maximum absolute atomic E-state index is 11.9. The van der Waals surface area contributed by atoms with Gasteiger partial charge in [0.15, 0.2) is 6.61 Å². The van der Waals surface area contributed by atoms with E-state index >= 15 is 0 Å². The second-order valence-corrected chi connectivity index (χ2v) is 6.43. The summed E-state index contributed by atoms with van der Waals surface area (Å²) in [5, 5.41) is 7.84. The summed E-state index contributed by atoms with van der Waals surface area (Å²) in [6.45, 7) is 3.19. The summed E-state index contributed by atoms with van der Waals surface area (Å²) in [5.74, 6) is -1.07. The molecule has 1 aromatic carbocycles. The van der Waals surface area contributed by atoms with Crippen LogP contribution in [0.1, 0.15) is 29.8 Å². The maximum Gasteiger partial charge on any atom is 0.331 e. The molecule has 0 unspecified atom stereocenters. The number of rotatable bonds is 6. The van der Waals surface area contributed by atoms with Gasteiger partial charge >= 0.3 is 5.97 Å². The number of hydrogen-bond acceptors (Lipinski definition) is 4. The van der Waals surface area contributed by atoms with Crippen molar-refractivity contribution in [2.45, 2.75) is 19.9 Å². The second kappa shape index (κ2) is 8.87. The molecule has 0 fully saturated rings. The van der Waals surface area contributed by atoms with Crippen molar-refractivity contribution in [3.63, 3.8) is 0 Å². The lowest BCUT2D eigenvalue weighted by molar-refractivity contribution is -0.144. The summed E-state index contributed by atoms with van der Waals surface area (Å²) in [7, 11) is 1.70. The lowest BCUT2D eigenvalue weighted by Crippen LogP contribution is -2.31. The van der Waals surface area contributed by atoms with Crippen molar-refractivity contribution in [1.82, 2.24) is 15.1 Å². The minimum absolute atomic E-state index is 0.303. The molecule has 1 aromatic heterocycles. The molecule has 2 aromatic rings. The Morgan fingerprint density at radius 3 is 2.65 bits per heavy atom. The Bertz CT molecular complexity index is 846. The monoisotopic (exact) mass is 395 g/mol. The molecule has 1 heterocycles. The molecule has 0 bridgehead atoms. The van der Waals surface area contributed by atoms with Gasteiger partial charge in [-0.05, 0) is 31.6 Å². The van der Waals surface area contributed by atoms with Crippen molar-refractivity contribution in [2.24, 2.45) is 7.05 Å². The topological polar surface area (TPSA) is 73.2 Å². The fourth-order valence-corrected chi connectivity index (χ4v) is 2.90. The van der Waals surface area contributed by atoms with E-state index in [2.05, 4.69) is 10.4 Å². The Hall–Kier alpha value is -2.31. The molecule has 1 N–H and O–H groups in total. The van der Waals surface area contributed by atoms with Crippen LogP contribution in [0.2, 0.25) is 10.2 Å². The first-order valence-electron chi connectivity index (χ1n) is 7.87. The molecule has 1 atom stereocenters. The Kier molecular flexibility index (Phi) is 6.83. The van der Waals surface area contributed by atoms with Crippen LogP contribution in [-0.4, -0.2) is 28.3 Å². The van der Waals surface area contributed by atoms with Gasteiger partial charge in [0.05, 0.1) is 11.7 Å². The molecule has 6 nitrogen and oxygen atoms in total. The van der Waals surface area contributed by atoms with Crippen molar-refractivity contribution in [3.8, 4) is 0 Å². The number of aryl methyl sites for hydroxylation is 2. The Balaban J connectivity index is 1.86. The van der Waals surface area contributed by atoms with Crippen molar-refractivity contribution in [2.75, 3.05) is 6.61 Å². The molecule has 0 aliphatic carbocycles. The molecule has 138 valence electrons. The third-order valence-electron chi connectivity index (χ3n) is 3.68. The van der Waals surface area contributed by atoms with Gasteiger partial charge in [-0.2, -0.15) is 5.10 Å². The number of nitrogens with one attached hydrogen (secondary N) is 1. The molecule has 0 saturated carbocycles. The summed E-state index contributed by atoms with van der Waals surface area (Å²) >= 11 is 12.2. The number of ether oxygens (including phenoxy) is 1. The van der Waals surface area contributed by atoms with Gasteiger partial charge in [0.1, 0.15) is 5.15 Å². The highest BCUT2D eigenvalue weighted by Crippen LogP contribution is 2.22. The summed E-state index contributed by atoms with van der Waals surface area (Å²) < 4.78 is 6.44. The molecule has 0 spiro atoms. The minimum atomic E-state index is -0.648. The van der Waals surface area contributed by atoms with Gasteiger partial charge in [-0.1, -0.05) is 41.4 Å². The zero-order chi connectivity index (χ0) is 19.3. The smallest absolute Gasteiger partial charge is 0.331 e. The number of halogens is 2. The van der Waals surface area contributed by atoms with Crippen molar-refractivity contribution >= 4 is 41.2 Å². The second-order valence-electron chi connectivity index (χ2n) is 5.67. The predicted octanol–water partition coefficient (Wildman–Crippen LogP) is 3.47. The standard InChI is InChI=1S/C18H19Cl2N3O3/c1-11(13-6-4-5-7-15(13)19)21-16(24)10-26-17(25)9-8-14-12(2)22-23(3)18(14)20/h4-9,11H,10H2,1-3H3,(H,21,24)/b9-8+/t11-/m0/s1. The van der Waals surface area contributed by atoms with Crippen LogP contribution >= 0.6 is 23.2 Å². The van der Waals surface area contributed by atoms with Crippen LogP contribution in [0.5, 0.6) is 0 Å². The van der Waals surface area contributed by atoms with E-state index in [1.54, 1.807) is 27.0 Å². The molecule has 8 heteroatoms. The van der Waals surface area contributed by atoms with E-state index < -0.39 is 18.5 Å². The summed E-state index contributed by atoms with van der Waals surface area (Å²) in [4.78, 5) is 23.7. The molecule has 0 saturated heterocycles. The third-order valence-corrected chi connectivity index (χ3v) is 4.47. The number of esters is 1. The van der Waals surface area contributed by atoms with Crippen LogP contribution in [0.3, 0.4) is 0 Å². The molecule has 0 aliphatic heterocycles. The van der Waals surface area contributed by atoms with E-state index in [-0.39, 0.29) is 6.04 Å². The van der Waals surface area contributed by atoms with Crippen LogP contribution < -0.4 is 5.32 Å². The lowest BCUT2D eigenvalue weighted by Gasteiger charge is -2.15. The Labute approximate surface area is 161 Å². The van der Waals surface area contributed by atoms with Crippen LogP contribution in [0.4, 0.5) is 0 Å². The number of hydrogen-bond donors (Lipinski definition) is 1. The SMILES string of the molecule is Cc1nn(C)c(Cl)c1/C=C/C(=O)OCC(=O)N[C@@H](C)c1ccccc1Cl. The van der Waals surface area contributed by atoms with Crippen LogP contribution in [-0.2, 0) is 21.4 Å². The van der Waals surface area contributed by atoms with Gasteiger partial charge in [0.25, 0.3) is 5.91 Å². The first-order chi connectivity index (χ1) is 12.3. The Morgan fingerprint density at radius 1 is 1.35 bits per heavy atom. The largest absolute Gasteiger partial charge is 0.452 e. The molecule has 0 aliphatic rings. The zero-order valence-electron chi connectivity index (χ0n) is 14.6. The van der Waals surface area contributed by atoms with E-state index in [1.807, 2.05) is 18.2 Å². The normalized spacial score (nSPS) is 12.2. The zero-order valence-corrected chi connectivity index (χ0v) is 16.1. The first kappa shape index (κ1) is 20.0. The van der Waals surface area contributed by atoms with Gasteiger partial charge in [0, 0.05) is 23.7 Å². The number of carbonyl (C=O) groups is 2. The highest BCUT2D eigenvalue weighted by atomic mass is 35.5. The average Bonchev–Trinajstić information content (AvgIpc) is 2.83. The summed E-state index contributed by atoms with van der Waals surface area (Å²) in [6, 6.07) is 6.91. The molecule has 1 amide bonds. The molecular weight excluding hydrogens is 377 g/mol.